The molecular weight excluding hydrogens is 521 g/mol. The molecule has 1 aromatic rings. The predicted molar refractivity (Wildman–Crippen MR) is 126 cm³/mol. The van der Waals surface area contributed by atoms with Crippen LogP contribution in [-0.4, -0.2) is 82.3 Å². The molecule has 208 valence electrons. The van der Waals surface area contributed by atoms with E-state index >= 15 is 0 Å². The zero-order valence-corrected chi connectivity index (χ0v) is 22.3. The number of carbonyl (C=O) groups is 1. The van der Waals surface area contributed by atoms with Crippen molar-refractivity contribution >= 4 is 13.8 Å². The summed E-state index contributed by atoms with van der Waals surface area (Å²) in [6.45, 7) is 10.1. The fourth-order valence-corrected chi connectivity index (χ4v) is 11.3. The van der Waals surface area contributed by atoms with Gasteiger partial charge in [0.2, 0.25) is 0 Å². The van der Waals surface area contributed by atoms with Crippen LogP contribution in [0.4, 0.5) is 0 Å². The summed E-state index contributed by atoms with van der Waals surface area (Å²) in [4.78, 5) is 27.0. The van der Waals surface area contributed by atoms with Gasteiger partial charge in [-0.15, -0.1) is 0 Å². The smallest absolute Gasteiger partial charge is 0.451 e. The molecule has 6 N–H and O–H groups in total. The Labute approximate surface area is 218 Å². The topological polar surface area (TPSA) is 188 Å². The lowest BCUT2D eigenvalue weighted by Gasteiger charge is -2.60. The molecule has 12 nitrogen and oxygen atoms in total. The number of aromatic amines is 1. The van der Waals surface area contributed by atoms with Gasteiger partial charge in [-0.05, 0) is 43.4 Å². The van der Waals surface area contributed by atoms with Crippen molar-refractivity contribution in [1.29, 1.82) is 0 Å². The molecule has 7 aliphatic rings. The zero-order valence-electron chi connectivity index (χ0n) is 21.4. The number of H-pyrrole nitrogens is 1. The maximum absolute atomic E-state index is 13.4. The third-order valence-electron chi connectivity index (χ3n) is 11.4. The lowest BCUT2D eigenvalue weighted by Crippen LogP contribution is -2.76. The van der Waals surface area contributed by atoms with E-state index < -0.39 is 83.0 Å². The normalized spacial score (nSPS) is 59.5. The molecule has 6 bridgehead atoms. The van der Waals surface area contributed by atoms with E-state index in [1.807, 2.05) is 0 Å². The van der Waals surface area contributed by atoms with Gasteiger partial charge >= 0.3 is 13.8 Å². The molecule has 0 radical (unpaired) electrons. The van der Waals surface area contributed by atoms with Crippen molar-refractivity contribution in [2.75, 3.05) is 0 Å². The minimum atomic E-state index is -5.04. The highest BCUT2D eigenvalue weighted by Gasteiger charge is 3.12. The first-order valence-corrected chi connectivity index (χ1v) is 14.2. The van der Waals surface area contributed by atoms with Crippen molar-refractivity contribution in [3.8, 4) is 0 Å². The molecule has 1 unspecified atom stereocenters. The summed E-state index contributed by atoms with van der Waals surface area (Å²) < 4.78 is 37.2. The van der Waals surface area contributed by atoms with Crippen LogP contribution in [0.2, 0.25) is 0 Å². The zero-order chi connectivity index (χ0) is 27.7. The number of aromatic nitrogens is 1. The second-order valence-corrected chi connectivity index (χ2v) is 13.9. The molecule has 1 aromatic heterocycles. The molecule has 7 fully saturated rings. The Morgan fingerprint density at radius 2 is 1.95 bits per heavy atom. The van der Waals surface area contributed by atoms with Crippen LogP contribution in [-0.2, 0) is 23.1 Å². The highest BCUT2D eigenvalue weighted by Crippen LogP contribution is 2.94. The number of hydrogen-bond donors (Lipinski definition) is 6. The summed E-state index contributed by atoms with van der Waals surface area (Å²) in [5.74, 6) is -4.05. The summed E-state index contributed by atoms with van der Waals surface area (Å²) in [5, 5.41) is 50.7. The summed E-state index contributed by atoms with van der Waals surface area (Å²) >= 11 is 0. The number of esters is 1. The average Bonchev–Trinajstić information content (AvgIpc) is 3.44. The molecule has 4 saturated carbocycles. The largest absolute Gasteiger partial charge is 0.473 e. The van der Waals surface area contributed by atoms with Crippen LogP contribution in [0.25, 0.3) is 0 Å². The second kappa shape index (κ2) is 6.32. The number of rotatable bonds is 3. The average molecular weight is 554 g/mol. The Kier molecular flexibility index (Phi) is 4.22. The number of nitrogens with one attached hydrogen (secondary N) is 1. The fourth-order valence-electron chi connectivity index (χ4n) is 9.93. The molecule has 4 heterocycles. The molecule has 13 heteroatoms. The molecule has 3 aliphatic heterocycles. The summed E-state index contributed by atoms with van der Waals surface area (Å²) in [6, 6.07) is 3.02. The van der Waals surface area contributed by atoms with Crippen LogP contribution >= 0.6 is 7.82 Å². The van der Waals surface area contributed by atoms with Gasteiger partial charge in [-0.3, -0.25) is 9.05 Å². The Balaban J connectivity index is 1.62. The fraction of sp³-hybridized carbons (Fsp3) is 0.720. The van der Waals surface area contributed by atoms with Crippen molar-refractivity contribution in [3.05, 3.63) is 36.2 Å². The maximum atomic E-state index is 13.4. The Hall–Kier alpha value is -1.60. The lowest BCUT2D eigenvalue weighted by molar-refractivity contribution is -0.381. The van der Waals surface area contributed by atoms with E-state index in [4.69, 9.17) is 18.5 Å². The SMILES string of the molecule is C=C1CC[C@]2(O)[C@]3(C)C[C@]4(O)O[C@]25[C@@H]1OP(=O)(O)O[C@]51[C@@]3(O)[C@H](OC(=O)c2ccc[nH]2)[C@](O)(C(C)C)[C@]14C. The molecule has 0 aromatic carbocycles. The van der Waals surface area contributed by atoms with Gasteiger partial charge in [-0.25, -0.2) is 9.36 Å². The maximum Gasteiger partial charge on any atom is 0.473 e. The molecule has 11 atom stereocenters. The molecule has 3 saturated heterocycles. The first-order valence-electron chi connectivity index (χ1n) is 12.7. The first kappa shape index (κ1) is 25.4. The highest BCUT2D eigenvalue weighted by atomic mass is 31.2. The second-order valence-electron chi connectivity index (χ2n) is 12.6. The summed E-state index contributed by atoms with van der Waals surface area (Å²) in [6.07, 6.45) is -2.07. The van der Waals surface area contributed by atoms with E-state index in [1.165, 1.54) is 26.1 Å². The van der Waals surface area contributed by atoms with Crippen LogP contribution < -0.4 is 0 Å². The van der Waals surface area contributed by atoms with Gasteiger partial charge in [0, 0.05) is 18.0 Å². The van der Waals surface area contributed by atoms with E-state index in [1.54, 1.807) is 19.9 Å². The number of phosphoric ester groups is 1. The van der Waals surface area contributed by atoms with Gasteiger partial charge in [0.1, 0.15) is 28.6 Å². The Bertz CT molecular complexity index is 1370. The van der Waals surface area contributed by atoms with Crippen molar-refractivity contribution in [2.45, 2.75) is 93.0 Å². The van der Waals surface area contributed by atoms with E-state index in [2.05, 4.69) is 11.6 Å². The van der Waals surface area contributed by atoms with Gasteiger partial charge < -0.3 is 39.8 Å². The van der Waals surface area contributed by atoms with Gasteiger partial charge in [-0.2, -0.15) is 0 Å². The standard InChI is InChI=1S/C25H32NO11P/c1-12(2)22(30)17(34-16(27)14-7-6-10-26-14)23(31)18(4)11-21(29)19(22,5)25(23)24(36-21)15(35-38(32,33)37-25)13(3)8-9-20(18,24)28/h6-7,10,12,15,17,26,28-31H,3,8-9,11H2,1-2,4-5H3,(H,32,33)/t15-,17-,18+,19-,20+,21+,22-,23-,24-,25-/m1/s1. The Morgan fingerprint density at radius 1 is 1.26 bits per heavy atom. The molecular formula is C25H32NO11P. The third-order valence-corrected chi connectivity index (χ3v) is 12.4. The van der Waals surface area contributed by atoms with E-state index in [9.17, 15) is 34.7 Å². The van der Waals surface area contributed by atoms with Crippen LogP contribution in [0, 0.1) is 16.7 Å². The molecule has 4 aliphatic carbocycles. The van der Waals surface area contributed by atoms with Crippen molar-refractivity contribution in [3.63, 3.8) is 0 Å². The number of phosphoric acid groups is 1. The summed E-state index contributed by atoms with van der Waals surface area (Å²) in [7, 11) is -5.04. The van der Waals surface area contributed by atoms with Crippen LogP contribution in [0.3, 0.4) is 0 Å². The summed E-state index contributed by atoms with van der Waals surface area (Å²) in [5.41, 5.74) is -15.1. The van der Waals surface area contributed by atoms with E-state index in [0.717, 1.165) is 0 Å². The number of aliphatic hydroxyl groups is 4. The van der Waals surface area contributed by atoms with Crippen molar-refractivity contribution in [1.82, 2.24) is 4.98 Å². The van der Waals surface area contributed by atoms with Crippen LogP contribution in [0.15, 0.2) is 30.5 Å². The first-order chi connectivity index (χ1) is 17.4. The minimum absolute atomic E-state index is 0.0189. The van der Waals surface area contributed by atoms with Crippen LogP contribution in [0.5, 0.6) is 0 Å². The third kappa shape index (κ3) is 1.89. The van der Waals surface area contributed by atoms with E-state index in [0.29, 0.717) is 5.57 Å². The van der Waals surface area contributed by atoms with Gasteiger partial charge in [0.05, 0.1) is 5.41 Å². The number of hydrogen-bond acceptors (Lipinski definition) is 10. The van der Waals surface area contributed by atoms with E-state index in [-0.39, 0.29) is 18.5 Å². The minimum Gasteiger partial charge on any atom is -0.451 e. The molecule has 38 heavy (non-hydrogen) atoms. The van der Waals surface area contributed by atoms with Gasteiger partial charge in [0.25, 0.3) is 0 Å². The predicted octanol–water partition coefficient (Wildman–Crippen LogP) is 0.895. The van der Waals surface area contributed by atoms with Crippen molar-refractivity contribution < 1.29 is 53.2 Å². The van der Waals surface area contributed by atoms with Crippen molar-refractivity contribution in [2.24, 2.45) is 16.7 Å². The lowest BCUT2D eigenvalue weighted by atomic mass is 9.52. The molecule has 8 rings (SSSR count). The number of ether oxygens (including phenoxy) is 2. The Morgan fingerprint density at radius 3 is 2.55 bits per heavy atom. The number of carbonyl (C=O) groups excluding carboxylic acids is 1. The molecule has 2 spiro atoms. The van der Waals surface area contributed by atoms with Crippen LogP contribution in [0.1, 0.15) is 57.4 Å². The highest BCUT2D eigenvalue weighted by molar-refractivity contribution is 7.47. The van der Waals surface area contributed by atoms with Gasteiger partial charge in [-0.1, -0.05) is 27.4 Å². The monoisotopic (exact) mass is 553 g/mol. The van der Waals surface area contributed by atoms with Gasteiger partial charge in [0.15, 0.2) is 23.1 Å². The quantitative estimate of drug-likeness (QED) is 0.177. The molecule has 0 amide bonds.